The zero-order chi connectivity index (χ0) is 32.8. The molecule has 0 unspecified atom stereocenters. The molecule has 0 radical (unpaired) electrons. The fourth-order valence-corrected chi connectivity index (χ4v) is 5.50. The lowest BCUT2D eigenvalue weighted by Crippen LogP contribution is -2.35. The molecule has 3 heterocycles. The molecule has 12 nitrogen and oxygen atoms in total. The van der Waals surface area contributed by atoms with Gasteiger partial charge in [-0.25, -0.2) is 0 Å². The number of aromatic hydroxyl groups is 1. The molecule has 4 aromatic rings. The molecular weight excluding hydrogens is 602 g/mol. The largest absolute Gasteiger partial charge is 0.508 e. The number of hydrogen-bond acceptors (Lipinski definition) is 10. The Bertz CT molecular complexity index is 1820. The predicted molar refractivity (Wildman–Crippen MR) is 174 cm³/mol. The lowest BCUT2D eigenvalue weighted by Gasteiger charge is -2.20. The fraction of sp³-hybridized carbons (Fsp3) is 0.286. The third-order valence-electron chi connectivity index (χ3n) is 7.98. The summed E-state index contributed by atoms with van der Waals surface area (Å²) in [6.07, 6.45) is 9.39. The van der Waals surface area contributed by atoms with Crippen molar-refractivity contribution in [2.24, 2.45) is 4.99 Å². The molecular formula is C35H35N5O7. The van der Waals surface area contributed by atoms with Gasteiger partial charge in [-0.3, -0.25) is 19.3 Å². The van der Waals surface area contributed by atoms with E-state index < -0.39 is 0 Å². The van der Waals surface area contributed by atoms with Crippen LogP contribution in [0.3, 0.4) is 0 Å². The summed E-state index contributed by atoms with van der Waals surface area (Å²) in [7, 11) is 3.10. The van der Waals surface area contributed by atoms with Gasteiger partial charge >= 0.3 is 0 Å². The number of hydrogen-bond donors (Lipinski definition) is 1. The predicted octanol–water partition coefficient (Wildman–Crippen LogP) is 5.27. The number of benzene rings is 3. The van der Waals surface area contributed by atoms with Crippen molar-refractivity contribution in [3.8, 4) is 28.7 Å². The molecule has 0 aliphatic carbocycles. The maximum absolute atomic E-state index is 13.1. The van der Waals surface area contributed by atoms with Gasteiger partial charge in [-0.05, 0) is 66.9 Å². The first-order chi connectivity index (χ1) is 22.9. The van der Waals surface area contributed by atoms with E-state index in [1.807, 2.05) is 23.4 Å². The second-order valence-corrected chi connectivity index (χ2v) is 11.1. The van der Waals surface area contributed by atoms with Crippen molar-refractivity contribution in [2.45, 2.75) is 38.5 Å². The van der Waals surface area contributed by atoms with E-state index in [4.69, 9.17) is 18.9 Å². The summed E-state index contributed by atoms with van der Waals surface area (Å²) in [5.41, 5.74) is 2.97. The van der Waals surface area contributed by atoms with Crippen LogP contribution in [0.25, 0.3) is 6.08 Å². The number of ether oxygens (including phenoxy) is 4. The highest BCUT2D eigenvalue weighted by molar-refractivity contribution is 6.07. The van der Waals surface area contributed by atoms with E-state index in [1.165, 1.54) is 18.2 Å². The van der Waals surface area contributed by atoms with Crippen LogP contribution in [0, 0.1) is 0 Å². The second kappa shape index (κ2) is 14.2. The first-order valence-corrected chi connectivity index (χ1v) is 15.3. The number of nitrogens with zero attached hydrogens (tertiary/aromatic N) is 5. The van der Waals surface area contributed by atoms with Crippen molar-refractivity contribution in [1.82, 2.24) is 19.9 Å². The average molecular weight is 638 g/mol. The number of ketones is 1. The zero-order valence-corrected chi connectivity index (χ0v) is 26.2. The van der Waals surface area contributed by atoms with Crippen molar-refractivity contribution in [3.63, 3.8) is 0 Å². The smallest absolute Gasteiger partial charge is 0.256 e. The number of phenolic OH excluding ortho intramolecular Hbond substituents is 1. The standard InChI is InChI=1S/C35H35N5O7/c1-44-32-17-23(6-12-30(42)24-8-10-27(41)11-9-24)7-13-31(32)46-16-4-14-39-21-25(37-38-39)22-47-34-19-29-28(18-33(34)45-2)35(43)40-15-3-5-26(40)20-36-29/h6-13,17-21,26,41H,3-5,14-16,22H2,1-2H3/b12-6+/t26-/m0/s1. The highest BCUT2D eigenvalue weighted by Gasteiger charge is 2.32. The molecule has 47 heavy (non-hydrogen) atoms. The van der Waals surface area contributed by atoms with Crippen LogP contribution in [0.4, 0.5) is 5.69 Å². The van der Waals surface area contributed by atoms with Gasteiger partial charge in [-0.1, -0.05) is 17.4 Å². The molecule has 1 amide bonds. The minimum atomic E-state index is -0.173. The Balaban J connectivity index is 0.997. The van der Waals surface area contributed by atoms with Crippen LogP contribution in [-0.4, -0.2) is 76.3 Å². The van der Waals surface area contributed by atoms with Crippen molar-refractivity contribution in [3.05, 3.63) is 89.3 Å². The number of aryl methyl sites for hydroxylation is 1. The molecule has 12 heteroatoms. The summed E-state index contributed by atoms with van der Waals surface area (Å²) in [6, 6.07) is 15.0. The van der Waals surface area contributed by atoms with Crippen LogP contribution in [0.5, 0.6) is 28.7 Å². The summed E-state index contributed by atoms with van der Waals surface area (Å²) in [5.74, 6) is 1.96. The highest BCUT2D eigenvalue weighted by atomic mass is 16.5. The van der Waals surface area contributed by atoms with Gasteiger partial charge in [-0.15, -0.1) is 5.10 Å². The number of phenols is 1. The molecule has 1 fully saturated rings. The van der Waals surface area contributed by atoms with E-state index >= 15 is 0 Å². The van der Waals surface area contributed by atoms with E-state index in [-0.39, 0.29) is 30.1 Å². The van der Waals surface area contributed by atoms with Crippen molar-refractivity contribution < 1.29 is 33.6 Å². The first-order valence-electron chi connectivity index (χ1n) is 15.3. The van der Waals surface area contributed by atoms with E-state index in [9.17, 15) is 14.7 Å². The molecule has 1 saturated heterocycles. The molecule has 1 N–H and O–H groups in total. The number of carbonyl (C=O) groups excluding carboxylic acids is 2. The second-order valence-electron chi connectivity index (χ2n) is 11.1. The maximum Gasteiger partial charge on any atom is 0.256 e. The quantitative estimate of drug-likeness (QED) is 0.118. The van der Waals surface area contributed by atoms with Gasteiger partial charge in [0, 0.05) is 37.4 Å². The summed E-state index contributed by atoms with van der Waals surface area (Å²) < 4.78 is 24.7. The summed E-state index contributed by atoms with van der Waals surface area (Å²) >= 11 is 0. The summed E-state index contributed by atoms with van der Waals surface area (Å²) in [4.78, 5) is 31.9. The molecule has 6 rings (SSSR count). The van der Waals surface area contributed by atoms with Crippen LogP contribution in [0.2, 0.25) is 0 Å². The molecule has 1 aromatic heterocycles. The summed E-state index contributed by atoms with van der Waals surface area (Å²) in [5, 5.41) is 17.8. The lowest BCUT2D eigenvalue weighted by molar-refractivity contribution is 0.0774. The molecule has 1 atom stereocenters. The normalized spacial score (nSPS) is 15.3. The number of rotatable bonds is 13. The minimum absolute atomic E-state index is 0.0257. The molecule has 0 spiro atoms. The monoisotopic (exact) mass is 637 g/mol. The van der Waals surface area contributed by atoms with E-state index in [0.717, 1.165) is 24.9 Å². The van der Waals surface area contributed by atoms with Crippen LogP contribution < -0.4 is 18.9 Å². The Morgan fingerprint density at radius 3 is 2.62 bits per heavy atom. The van der Waals surface area contributed by atoms with Gasteiger partial charge in [0.05, 0.1) is 44.3 Å². The van der Waals surface area contributed by atoms with Gasteiger partial charge in [-0.2, -0.15) is 0 Å². The Morgan fingerprint density at radius 2 is 1.81 bits per heavy atom. The number of carbonyl (C=O) groups is 2. The van der Waals surface area contributed by atoms with Crippen LogP contribution >= 0.6 is 0 Å². The molecule has 2 aliphatic rings. The number of aromatic nitrogens is 3. The third-order valence-corrected chi connectivity index (χ3v) is 7.98. The molecule has 0 bridgehead atoms. The molecule has 3 aromatic carbocycles. The van der Waals surface area contributed by atoms with Gasteiger partial charge in [0.1, 0.15) is 18.1 Å². The maximum atomic E-state index is 13.1. The first kappa shape index (κ1) is 31.3. The fourth-order valence-electron chi connectivity index (χ4n) is 5.50. The van der Waals surface area contributed by atoms with Crippen LogP contribution in [0.15, 0.2) is 71.9 Å². The van der Waals surface area contributed by atoms with Crippen molar-refractivity contribution in [2.75, 3.05) is 27.4 Å². The highest BCUT2D eigenvalue weighted by Crippen LogP contribution is 2.38. The van der Waals surface area contributed by atoms with Crippen molar-refractivity contribution in [1.29, 1.82) is 0 Å². The Kier molecular flexibility index (Phi) is 9.46. The number of allylic oxidation sites excluding steroid dienone is 1. The van der Waals surface area contributed by atoms with Crippen LogP contribution in [-0.2, 0) is 13.2 Å². The molecule has 242 valence electrons. The number of fused-ring (bicyclic) bond motifs is 2. The zero-order valence-electron chi connectivity index (χ0n) is 26.2. The molecule has 0 saturated carbocycles. The third kappa shape index (κ3) is 7.27. The topological polar surface area (TPSA) is 138 Å². The minimum Gasteiger partial charge on any atom is -0.508 e. The Hall–Kier alpha value is -5.65. The van der Waals surface area contributed by atoms with Crippen LogP contribution in [0.1, 0.15) is 51.2 Å². The van der Waals surface area contributed by atoms with Crippen molar-refractivity contribution >= 4 is 29.7 Å². The Labute approximate surface area is 271 Å². The van der Waals surface area contributed by atoms with E-state index in [2.05, 4.69) is 15.3 Å². The van der Waals surface area contributed by atoms with E-state index in [0.29, 0.717) is 65.1 Å². The number of aliphatic imine (C=N–C) groups is 1. The van der Waals surface area contributed by atoms with Gasteiger partial charge in [0.2, 0.25) is 0 Å². The lowest BCUT2D eigenvalue weighted by atomic mass is 10.1. The van der Waals surface area contributed by atoms with E-state index in [1.54, 1.807) is 61.4 Å². The van der Waals surface area contributed by atoms with Gasteiger partial charge in [0.15, 0.2) is 28.8 Å². The SMILES string of the molecule is COc1cc(/C=C/C(=O)c2ccc(O)cc2)ccc1OCCCn1cc(COc2cc3c(cc2OC)C(=O)N2CCC[C@H]2C=N3)nn1. The number of methoxy groups -OCH3 is 2. The Morgan fingerprint density at radius 1 is 1.00 bits per heavy atom. The van der Waals surface area contributed by atoms with Gasteiger partial charge in [0.25, 0.3) is 5.91 Å². The summed E-state index contributed by atoms with van der Waals surface area (Å²) in [6.45, 7) is 1.88. The average Bonchev–Trinajstić information content (AvgIpc) is 3.74. The van der Waals surface area contributed by atoms with Gasteiger partial charge < -0.3 is 29.0 Å². The number of amides is 1. The molecule has 2 aliphatic heterocycles.